The largest absolute Gasteiger partial charge is 0.493 e. The minimum atomic E-state index is -0.614. The summed E-state index contributed by atoms with van der Waals surface area (Å²) in [4.78, 5) is 24.6. The Hall–Kier alpha value is -2.37. The van der Waals surface area contributed by atoms with Gasteiger partial charge in [-0.15, -0.1) is 0 Å². The molecule has 1 fully saturated rings. The lowest BCUT2D eigenvalue weighted by Crippen LogP contribution is -2.41. The number of halogens is 1. The molecule has 2 aromatic rings. The summed E-state index contributed by atoms with van der Waals surface area (Å²) in [6, 6.07) is 4.81. The summed E-state index contributed by atoms with van der Waals surface area (Å²) < 4.78 is 18.9. The predicted octanol–water partition coefficient (Wildman–Crippen LogP) is 1.01. The van der Waals surface area contributed by atoms with Crippen LogP contribution in [0.2, 0.25) is 0 Å². The second kappa shape index (κ2) is 4.87. The van der Waals surface area contributed by atoms with Gasteiger partial charge in [0, 0.05) is 24.6 Å². The van der Waals surface area contributed by atoms with Crippen LogP contribution in [-0.4, -0.2) is 20.2 Å². The van der Waals surface area contributed by atoms with Crippen LogP contribution in [0.15, 0.2) is 27.8 Å². The molecule has 0 bridgehead atoms. The standard InChI is InChI=1S/C15H15FN2O3/c1-21-15-9(3-2-4-10(15)16)8-5-6-18(7-8)12-11(17)13(19)14(12)20/h2-4,8H,5-7,17H2,1H3. The third kappa shape index (κ3) is 1.98. The highest BCUT2D eigenvalue weighted by atomic mass is 19.1. The molecule has 1 saturated heterocycles. The summed E-state index contributed by atoms with van der Waals surface area (Å²) in [5, 5.41) is 0. The van der Waals surface area contributed by atoms with Gasteiger partial charge < -0.3 is 15.4 Å². The van der Waals surface area contributed by atoms with E-state index in [9.17, 15) is 14.0 Å². The Bertz CT molecular complexity index is 765. The molecule has 1 aliphatic heterocycles. The van der Waals surface area contributed by atoms with Gasteiger partial charge >= 0.3 is 0 Å². The van der Waals surface area contributed by atoms with Gasteiger partial charge in [-0.2, -0.15) is 0 Å². The lowest BCUT2D eigenvalue weighted by atomic mass is 9.97. The summed E-state index contributed by atoms with van der Waals surface area (Å²) in [5.74, 6) is -0.121. The number of hydrogen-bond acceptors (Lipinski definition) is 5. The molecular formula is C15H15FN2O3. The first-order chi connectivity index (χ1) is 10.0. The second-order valence-electron chi connectivity index (χ2n) is 5.21. The van der Waals surface area contributed by atoms with Crippen LogP contribution >= 0.6 is 0 Å². The van der Waals surface area contributed by atoms with Crippen LogP contribution in [0.4, 0.5) is 15.8 Å². The number of rotatable bonds is 3. The van der Waals surface area contributed by atoms with Crippen molar-refractivity contribution in [3.05, 3.63) is 50.0 Å². The summed E-state index contributed by atoms with van der Waals surface area (Å²) in [6.07, 6.45) is 0.748. The zero-order chi connectivity index (χ0) is 15.1. The maximum absolute atomic E-state index is 13.7. The maximum atomic E-state index is 13.7. The van der Waals surface area contributed by atoms with Gasteiger partial charge in [-0.3, -0.25) is 9.59 Å². The molecule has 2 aromatic carbocycles. The van der Waals surface area contributed by atoms with E-state index in [0.29, 0.717) is 18.8 Å². The fourth-order valence-corrected chi connectivity index (χ4v) is 2.99. The van der Waals surface area contributed by atoms with Crippen molar-refractivity contribution in [1.82, 2.24) is 0 Å². The van der Waals surface area contributed by atoms with E-state index in [1.165, 1.54) is 13.2 Å². The van der Waals surface area contributed by atoms with E-state index in [4.69, 9.17) is 10.5 Å². The number of ether oxygens (including phenoxy) is 1. The van der Waals surface area contributed by atoms with Crippen LogP contribution in [-0.2, 0) is 0 Å². The highest BCUT2D eigenvalue weighted by Gasteiger charge is 2.32. The van der Waals surface area contributed by atoms with Crippen molar-refractivity contribution in [2.45, 2.75) is 12.3 Å². The fraction of sp³-hybridized carbons (Fsp3) is 0.333. The first-order valence-electron chi connectivity index (χ1n) is 6.70. The third-order valence-corrected chi connectivity index (χ3v) is 4.07. The van der Waals surface area contributed by atoms with Crippen molar-refractivity contribution in [2.75, 3.05) is 30.8 Å². The molecule has 3 rings (SSSR count). The fourth-order valence-electron chi connectivity index (χ4n) is 2.99. The first-order valence-corrected chi connectivity index (χ1v) is 6.70. The Morgan fingerprint density at radius 1 is 1.33 bits per heavy atom. The van der Waals surface area contributed by atoms with Crippen LogP contribution in [0.5, 0.6) is 5.75 Å². The lowest BCUT2D eigenvalue weighted by Gasteiger charge is -2.21. The number of nitrogen functional groups attached to an aromatic ring is 1. The van der Waals surface area contributed by atoms with Crippen molar-refractivity contribution in [1.29, 1.82) is 0 Å². The molecular weight excluding hydrogens is 275 g/mol. The Morgan fingerprint density at radius 3 is 2.76 bits per heavy atom. The van der Waals surface area contributed by atoms with E-state index in [-0.39, 0.29) is 17.4 Å². The number of para-hydroxylation sites is 1. The molecule has 0 aromatic heterocycles. The molecule has 0 aliphatic carbocycles. The topological polar surface area (TPSA) is 72.6 Å². The molecule has 1 atom stereocenters. The maximum Gasteiger partial charge on any atom is 0.253 e. The Balaban J connectivity index is 1.87. The second-order valence-corrected chi connectivity index (χ2v) is 5.21. The Labute approximate surface area is 120 Å². The molecule has 21 heavy (non-hydrogen) atoms. The van der Waals surface area contributed by atoms with Crippen LogP contribution in [0.3, 0.4) is 0 Å². The van der Waals surface area contributed by atoms with Gasteiger partial charge in [0.2, 0.25) is 0 Å². The summed E-state index contributed by atoms with van der Waals surface area (Å²) in [6.45, 7) is 1.13. The first kappa shape index (κ1) is 13.6. The van der Waals surface area contributed by atoms with E-state index >= 15 is 0 Å². The average Bonchev–Trinajstić information content (AvgIpc) is 2.95. The minimum Gasteiger partial charge on any atom is -0.493 e. The number of benzene rings is 1. The molecule has 0 amide bonds. The van der Waals surface area contributed by atoms with E-state index in [2.05, 4.69) is 0 Å². The summed E-state index contributed by atoms with van der Waals surface area (Å²) in [5.41, 5.74) is 5.55. The van der Waals surface area contributed by atoms with Crippen molar-refractivity contribution in [3.8, 4) is 5.75 Å². The highest BCUT2D eigenvalue weighted by Crippen LogP contribution is 2.36. The zero-order valence-corrected chi connectivity index (χ0v) is 11.6. The van der Waals surface area contributed by atoms with Crippen molar-refractivity contribution in [3.63, 3.8) is 0 Å². The Kier molecular flexibility index (Phi) is 3.16. The minimum absolute atomic E-state index is 0.0341. The van der Waals surface area contributed by atoms with E-state index in [0.717, 1.165) is 12.0 Å². The van der Waals surface area contributed by atoms with Gasteiger partial charge in [0.05, 0.1) is 7.11 Å². The van der Waals surface area contributed by atoms with Gasteiger partial charge in [0.25, 0.3) is 10.9 Å². The highest BCUT2D eigenvalue weighted by molar-refractivity contribution is 5.73. The number of nitrogens with zero attached hydrogens (tertiary/aromatic N) is 1. The molecule has 1 aliphatic rings. The zero-order valence-electron chi connectivity index (χ0n) is 11.6. The summed E-state index contributed by atoms with van der Waals surface area (Å²) in [7, 11) is 1.43. The number of hydrogen-bond donors (Lipinski definition) is 1. The molecule has 0 saturated carbocycles. The van der Waals surface area contributed by atoms with Crippen molar-refractivity contribution < 1.29 is 9.13 Å². The van der Waals surface area contributed by atoms with Gasteiger partial charge in [-0.25, -0.2) is 4.39 Å². The number of anilines is 2. The van der Waals surface area contributed by atoms with E-state index < -0.39 is 16.7 Å². The third-order valence-electron chi connectivity index (χ3n) is 4.07. The lowest BCUT2D eigenvalue weighted by molar-refractivity contribution is 0.378. The number of methoxy groups -OCH3 is 1. The van der Waals surface area contributed by atoms with Gasteiger partial charge in [-0.1, -0.05) is 12.1 Å². The molecule has 1 unspecified atom stereocenters. The van der Waals surface area contributed by atoms with Crippen LogP contribution in [0.25, 0.3) is 0 Å². The molecule has 2 N–H and O–H groups in total. The van der Waals surface area contributed by atoms with E-state index in [1.54, 1.807) is 11.0 Å². The normalized spacial score (nSPS) is 18.4. The average molecular weight is 290 g/mol. The quantitative estimate of drug-likeness (QED) is 0.854. The van der Waals surface area contributed by atoms with Crippen molar-refractivity contribution in [2.24, 2.45) is 0 Å². The molecule has 5 nitrogen and oxygen atoms in total. The summed E-state index contributed by atoms with van der Waals surface area (Å²) >= 11 is 0. The van der Waals surface area contributed by atoms with Crippen molar-refractivity contribution >= 4 is 11.4 Å². The van der Waals surface area contributed by atoms with Gasteiger partial charge in [0.1, 0.15) is 11.4 Å². The van der Waals surface area contributed by atoms with Crippen LogP contribution < -0.4 is 26.2 Å². The van der Waals surface area contributed by atoms with E-state index in [1.807, 2.05) is 6.07 Å². The molecule has 110 valence electrons. The molecule has 1 heterocycles. The van der Waals surface area contributed by atoms with Gasteiger partial charge in [-0.05, 0) is 12.5 Å². The SMILES string of the molecule is COc1c(F)cccc1C1CCN(c2c(N)c(=O)c2=O)C1. The Morgan fingerprint density at radius 2 is 2.10 bits per heavy atom. The smallest absolute Gasteiger partial charge is 0.253 e. The number of nitrogens with two attached hydrogens (primary N) is 1. The monoisotopic (exact) mass is 290 g/mol. The molecule has 0 spiro atoms. The van der Waals surface area contributed by atoms with Crippen LogP contribution in [0.1, 0.15) is 17.9 Å². The predicted molar refractivity (Wildman–Crippen MR) is 78.3 cm³/mol. The molecule has 6 heteroatoms. The molecule has 0 radical (unpaired) electrons. The van der Waals surface area contributed by atoms with Crippen LogP contribution in [0, 0.1) is 5.82 Å². The van der Waals surface area contributed by atoms with Gasteiger partial charge in [0.15, 0.2) is 11.6 Å².